The Labute approximate surface area is 177 Å². The molecule has 6 nitrogen and oxygen atoms in total. The van der Waals surface area contributed by atoms with E-state index in [1.807, 2.05) is 6.92 Å². The minimum atomic E-state index is -3.94. The molecule has 1 aromatic heterocycles. The van der Waals surface area contributed by atoms with E-state index in [1.165, 1.54) is 47.7 Å². The smallest absolute Gasteiger partial charge is 0.340 e. The van der Waals surface area contributed by atoms with E-state index in [9.17, 15) is 18.0 Å². The van der Waals surface area contributed by atoms with E-state index < -0.39 is 22.6 Å². The van der Waals surface area contributed by atoms with Crippen LogP contribution in [0.5, 0.6) is 0 Å². The third-order valence-electron chi connectivity index (χ3n) is 3.86. The van der Waals surface area contributed by atoms with Gasteiger partial charge in [-0.3, -0.25) is 9.52 Å². The molecule has 0 bridgehead atoms. The van der Waals surface area contributed by atoms with Gasteiger partial charge in [0.25, 0.3) is 10.0 Å². The molecule has 0 radical (unpaired) electrons. The molecule has 0 amide bonds. The molecule has 3 aromatic rings. The second-order valence-corrected chi connectivity index (χ2v) is 9.42. The zero-order valence-corrected chi connectivity index (χ0v) is 17.6. The number of sulfonamides is 1. The summed E-state index contributed by atoms with van der Waals surface area (Å²) in [6.45, 7) is 1.44. The van der Waals surface area contributed by atoms with Crippen LogP contribution in [-0.2, 0) is 14.8 Å². The largest absolute Gasteiger partial charge is 0.454 e. The van der Waals surface area contributed by atoms with Crippen LogP contribution in [0, 0.1) is 6.92 Å². The molecule has 0 unspecified atom stereocenters. The molecule has 0 aliphatic heterocycles. The lowest BCUT2D eigenvalue weighted by molar-refractivity contribution is 0.0477. The normalized spacial score (nSPS) is 11.1. The Hall–Kier alpha value is -2.68. The standard InChI is InChI=1S/C20H16ClNO5S2/c1-13-6-11-19(28-13)18(23)12-27-20(24)16-4-2-3-5-17(16)22-29(25,26)15-9-7-14(21)8-10-15/h2-11,22H,12H2,1H3. The highest BCUT2D eigenvalue weighted by molar-refractivity contribution is 7.92. The van der Waals surface area contributed by atoms with E-state index in [0.29, 0.717) is 9.90 Å². The Morgan fingerprint density at radius 2 is 1.72 bits per heavy atom. The number of hydrogen-bond donors (Lipinski definition) is 1. The second kappa shape index (κ2) is 8.77. The van der Waals surface area contributed by atoms with Crippen LogP contribution in [0.25, 0.3) is 0 Å². The highest BCUT2D eigenvalue weighted by Gasteiger charge is 2.20. The minimum Gasteiger partial charge on any atom is -0.454 e. The average Bonchev–Trinajstić information content (AvgIpc) is 3.13. The van der Waals surface area contributed by atoms with Crippen LogP contribution in [0.15, 0.2) is 65.6 Å². The number of hydrogen-bond acceptors (Lipinski definition) is 6. The zero-order chi connectivity index (χ0) is 21.0. The summed E-state index contributed by atoms with van der Waals surface area (Å²) in [7, 11) is -3.94. The third kappa shape index (κ3) is 5.23. The van der Waals surface area contributed by atoms with Gasteiger partial charge in [0, 0.05) is 9.90 Å². The van der Waals surface area contributed by atoms with Gasteiger partial charge in [-0.15, -0.1) is 11.3 Å². The monoisotopic (exact) mass is 449 g/mol. The van der Waals surface area contributed by atoms with Crippen molar-refractivity contribution in [2.45, 2.75) is 11.8 Å². The van der Waals surface area contributed by atoms with Crippen molar-refractivity contribution in [3.8, 4) is 0 Å². The summed E-state index contributed by atoms with van der Waals surface area (Å²) in [5.74, 6) is -1.13. The van der Waals surface area contributed by atoms with Gasteiger partial charge < -0.3 is 4.74 Å². The fourth-order valence-electron chi connectivity index (χ4n) is 2.43. The second-order valence-electron chi connectivity index (χ2n) is 6.01. The summed E-state index contributed by atoms with van der Waals surface area (Å²) < 4.78 is 32.6. The molecule has 0 aliphatic carbocycles. The lowest BCUT2D eigenvalue weighted by Gasteiger charge is -2.12. The number of benzene rings is 2. The van der Waals surface area contributed by atoms with E-state index >= 15 is 0 Å². The quantitative estimate of drug-likeness (QED) is 0.422. The van der Waals surface area contributed by atoms with Crippen molar-refractivity contribution in [1.29, 1.82) is 0 Å². The Balaban J connectivity index is 1.75. The van der Waals surface area contributed by atoms with E-state index in [1.54, 1.807) is 24.3 Å². The molecule has 0 saturated carbocycles. The van der Waals surface area contributed by atoms with E-state index in [-0.39, 0.29) is 21.9 Å². The summed E-state index contributed by atoms with van der Waals surface area (Å²) in [6.07, 6.45) is 0. The first-order valence-electron chi connectivity index (χ1n) is 8.40. The van der Waals surface area contributed by atoms with Crippen LogP contribution in [0.4, 0.5) is 5.69 Å². The van der Waals surface area contributed by atoms with Gasteiger partial charge in [-0.05, 0) is 55.5 Å². The first kappa shape index (κ1) is 21.0. The number of Topliss-reactive ketones (excluding diaryl/α,β-unsaturated/α-hetero) is 1. The first-order valence-corrected chi connectivity index (χ1v) is 11.1. The van der Waals surface area contributed by atoms with Gasteiger partial charge in [0.15, 0.2) is 6.61 Å². The molecule has 0 fully saturated rings. The summed E-state index contributed by atoms with van der Waals surface area (Å²) in [5, 5.41) is 0.401. The lowest BCUT2D eigenvalue weighted by atomic mass is 10.2. The lowest BCUT2D eigenvalue weighted by Crippen LogP contribution is -2.18. The Bertz CT molecular complexity index is 1150. The molecule has 0 aliphatic rings. The van der Waals surface area contributed by atoms with Crippen molar-refractivity contribution < 1.29 is 22.7 Å². The molecule has 0 atom stereocenters. The zero-order valence-electron chi connectivity index (χ0n) is 15.2. The van der Waals surface area contributed by atoms with Crippen LogP contribution in [0.1, 0.15) is 24.9 Å². The van der Waals surface area contributed by atoms with Crippen LogP contribution >= 0.6 is 22.9 Å². The van der Waals surface area contributed by atoms with E-state index in [0.717, 1.165) is 4.88 Å². The summed E-state index contributed by atoms with van der Waals surface area (Å²) in [6, 6.07) is 15.1. The van der Waals surface area contributed by atoms with Crippen LogP contribution in [-0.4, -0.2) is 26.8 Å². The molecule has 150 valence electrons. The van der Waals surface area contributed by atoms with Crippen molar-refractivity contribution in [2.24, 2.45) is 0 Å². The summed E-state index contributed by atoms with van der Waals surface area (Å²) in [5.41, 5.74) is 0.0482. The number of para-hydroxylation sites is 1. The van der Waals surface area contributed by atoms with Crippen LogP contribution < -0.4 is 4.72 Å². The molecule has 0 spiro atoms. The van der Waals surface area contributed by atoms with Crippen molar-refractivity contribution in [3.05, 3.63) is 81.0 Å². The Kier molecular flexibility index (Phi) is 6.36. The molecular weight excluding hydrogens is 434 g/mol. The number of aryl methyl sites for hydroxylation is 1. The molecular formula is C20H16ClNO5S2. The topological polar surface area (TPSA) is 89.5 Å². The fraction of sp³-hybridized carbons (Fsp3) is 0.100. The maximum atomic E-state index is 12.6. The highest BCUT2D eigenvalue weighted by Crippen LogP contribution is 2.22. The van der Waals surface area contributed by atoms with Gasteiger partial charge in [-0.1, -0.05) is 23.7 Å². The molecule has 29 heavy (non-hydrogen) atoms. The number of carbonyl (C=O) groups excluding carboxylic acids is 2. The third-order valence-corrected chi connectivity index (χ3v) is 6.54. The number of nitrogens with one attached hydrogen (secondary N) is 1. The number of thiophene rings is 1. The first-order chi connectivity index (χ1) is 13.8. The predicted molar refractivity (Wildman–Crippen MR) is 112 cm³/mol. The maximum absolute atomic E-state index is 12.6. The van der Waals surface area contributed by atoms with Crippen LogP contribution in [0.3, 0.4) is 0 Å². The van der Waals surface area contributed by atoms with Crippen molar-refractivity contribution in [3.63, 3.8) is 0 Å². The Morgan fingerprint density at radius 1 is 1.03 bits per heavy atom. The maximum Gasteiger partial charge on any atom is 0.340 e. The van der Waals surface area contributed by atoms with Gasteiger partial charge in [-0.2, -0.15) is 0 Å². The van der Waals surface area contributed by atoms with E-state index in [2.05, 4.69) is 4.72 Å². The average molecular weight is 450 g/mol. The van der Waals surface area contributed by atoms with Crippen molar-refractivity contribution in [1.82, 2.24) is 0 Å². The number of rotatable bonds is 7. The number of halogens is 1. The molecule has 1 heterocycles. The van der Waals surface area contributed by atoms with Crippen molar-refractivity contribution >= 4 is 50.4 Å². The van der Waals surface area contributed by atoms with E-state index in [4.69, 9.17) is 16.3 Å². The summed E-state index contributed by atoms with van der Waals surface area (Å²) >= 11 is 7.10. The predicted octanol–water partition coefficient (Wildman–Crippen LogP) is 4.55. The molecule has 2 aromatic carbocycles. The number of ketones is 1. The number of ether oxygens (including phenoxy) is 1. The van der Waals surface area contributed by atoms with Gasteiger partial charge in [0.2, 0.25) is 5.78 Å². The number of carbonyl (C=O) groups is 2. The minimum absolute atomic E-state index is 0.000184. The highest BCUT2D eigenvalue weighted by atomic mass is 35.5. The number of anilines is 1. The molecule has 1 N–H and O–H groups in total. The van der Waals surface area contributed by atoms with Gasteiger partial charge >= 0.3 is 5.97 Å². The summed E-state index contributed by atoms with van der Waals surface area (Å²) in [4.78, 5) is 26.0. The van der Waals surface area contributed by atoms with Gasteiger partial charge in [0.05, 0.1) is 21.0 Å². The van der Waals surface area contributed by atoms with Crippen LogP contribution in [0.2, 0.25) is 5.02 Å². The molecule has 0 saturated heterocycles. The Morgan fingerprint density at radius 3 is 2.38 bits per heavy atom. The van der Waals surface area contributed by atoms with Crippen molar-refractivity contribution in [2.75, 3.05) is 11.3 Å². The van der Waals surface area contributed by atoms with Gasteiger partial charge in [-0.25, -0.2) is 13.2 Å². The number of esters is 1. The van der Waals surface area contributed by atoms with Gasteiger partial charge in [0.1, 0.15) is 0 Å². The molecule has 3 rings (SSSR count). The SMILES string of the molecule is Cc1ccc(C(=O)COC(=O)c2ccccc2NS(=O)(=O)c2ccc(Cl)cc2)s1. The molecule has 9 heteroatoms. The fourth-order valence-corrected chi connectivity index (χ4v) is 4.43.